The van der Waals surface area contributed by atoms with Crippen LogP contribution in [0, 0.1) is 0 Å². The van der Waals surface area contributed by atoms with Gasteiger partial charge in [-0.1, -0.05) is 12.1 Å². The van der Waals surface area contributed by atoms with Gasteiger partial charge in [-0.25, -0.2) is 0 Å². The van der Waals surface area contributed by atoms with Crippen molar-refractivity contribution in [1.29, 1.82) is 0 Å². The van der Waals surface area contributed by atoms with Gasteiger partial charge < -0.3 is 5.11 Å². The van der Waals surface area contributed by atoms with Crippen molar-refractivity contribution in [3.63, 3.8) is 0 Å². The Hall–Kier alpha value is -2.02. The molecule has 7 heteroatoms. The Balaban J connectivity index is 2.33. The van der Waals surface area contributed by atoms with Crippen molar-refractivity contribution in [3.8, 4) is 5.75 Å². The first-order valence-electron chi connectivity index (χ1n) is 4.40. The average molecular weight is 239 g/mol. The van der Waals surface area contributed by atoms with Crippen molar-refractivity contribution < 1.29 is 13.5 Å². The summed E-state index contributed by atoms with van der Waals surface area (Å²) in [4.78, 5) is 0. The minimum atomic E-state index is -3.72. The molecule has 0 saturated heterocycles. The summed E-state index contributed by atoms with van der Waals surface area (Å²) in [6.07, 6.45) is 1.33. The Morgan fingerprint density at radius 3 is 2.62 bits per heavy atom. The lowest BCUT2D eigenvalue weighted by Crippen LogP contribution is -2.13. The lowest BCUT2D eigenvalue weighted by Gasteiger charge is -2.07. The number of hydrogen-bond donors (Lipinski definition) is 3. The highest BCUT2D eigenvalue weighted by Gasteiger charge is 2.16. The summed E-state index contributed by atoms with van der Waals surface area (Å²) >= 11 is 0. The van der Waals surface area contributed by atoms with Gasteiger partial charge in [-0.3, -0.25) is 9.82 Å². The fourth-order valence-electron chi connectivity index (χ4n) is 1.15. The molecule has 0 spiro atoms. The smallest absolute Gasteiger partial charge is 0.278 e. The van der Waals surface area contributed by atoms with Crippen LogP contribution in [0.4, 0.5) is 5.69 Å². The molecule has 1 heterocycles. The van der Waals surface area contributed by atoms with E-state index in [1.54, 1.807) is 12.1 Å². The number of para-hydroxylation sites is 2. The second-order valence-electron chi connectivity index (χ2n) is 3.04. The van der Waals surface area contributed by atoms with E-state index in [-0.39, 0.29) is 16.5 Å². The van der Waals surface area contributed by atoms with Gasteiger partial charge in [-0.15, -0.1) is 0 Å². The number of nitrogens with zero attached hydrogens (tertiary/aromatic N) is 1. The largest absolute Gasteiger partial charge is 0.506 e. The second-order valence-corrected chi connectivity index (χ2v) is 4.69. The van der Waals surface area contributed by atoms with E-state index in [1.165, 1.54) is 24.4 Å². The normalized spacial score (nSPS) is 11.2. The van der Waals surface area contributed by atoms with Crippen LogP contribution in [0.2, 0.25) is 0 Å². The second kappa shape index (κ2) is 3.86. The third-order valence-electron chi connectivity index (χ3n) is 1.91. The molecule has 84 valence electrons. The highest BCUT2D eigenvalue weighted by atomic mass is 32.2. The Morgan fingerprint density at radius 2 is 2.00 bits per heavy atom. The molecule has 0 saturated carbocycles. The summed E-state index contributed by atoms with van der Waals surface area (Å²) < 4.78 is 25.7. The molecule has 0 aliphatic rings. The summed E-state index contributed by atoms with van der Waals surface area (Å²) in [6.45, 7) is 0. The van der Waals surface area contributed by atoms with Gasteiger partial charge in [0, 0.05) is 0 Å². The molecule has 0 amide bonds. The number of benzene rings is 1. The summed E-state index contributed by atoms with van der Waals surface area (Å²) in [7, 11) is -3.72. The zero-order chi connectivity index (χ0) is 11.6. The molecule has 1 aromatic carbocycles. The van der Waals surface area contributed by atoms with Gasteiger partial charge >= 0.3 is 0 Å². The van der Waals surface area contributed by atoms with Crippen molar-refractivity contribution in [2.75, 3.05) is 4.72 Å². The molecule has 0 fully saturated rings. The van der Waals surface area contributed by atoms with E-state index in [0.717, 1.165) is 0 Å². The highest BCUT2D eigenvalue weighted by molar-refractivity contribution is 7.92. The van der Waals surface area contributed by atoms with Crippen LogP contribution in [0.5, 0.6) is 5.75 Å². The van der Waals surface area contributed by atoms with Crippen LogP contribution in [-0.2, 0) is 10.0 Å². The predicted molar refractivity (Wildman–Crippen MR) is 57.5 cm³/mol. The molecule has 6 nitrogen and oxygen atoms in total. The monoisotopic (exact) mass is 239 g/mol. The van der Waals surface area contributed by atoms with Crippen molar-refractivity contribution in [3.05, 3.63) is 36.5 Å². The van der Waals surface area contributed by atoms with Crippen LogP contribution < -0.4 is 4.72 Å². The summed E-state index contributed by atoms with van der Waals surface area (Å²) in [5.74, 6) is -0.134. The van der Waals surface area contributed by atoms with Crippen LogP contribution >= 0.6 is 0 Å². The van der Waals surface area contributed by atoms with Crippen LogP contribution in [0.1, 0.15) is 0 Å². The first-order valence-corrected chi connectivity index (χ1v) is 5.88. The van der Waals surface area contributed by atoms with Crippen LogP contribution in [0.3, 0.4) is 0 Å². The number of aromatic nitrogens is 2. The number of hydrogen-bond acceptors (Lipinski definition) is 4. The van der Waals surface area contributed by atoms with Gasteiger partial charge in [0.05, 0.1) is 11.9 Å². The predicted octanol–water partition coefficient (Wildman–Crippen LogP) is 0.916. The number of rotatable bonds is 3. The Bertz CT molecular complexity index is 578. The molecule has 0 radical (unpaired) electrons. The highest BCUT2D eigenvalue weighted by Crippen LogP contribution is 2.24. The zero-order valence-electron chi connectivity index (χ0n) is 8.08. The molecule has 3 N–H and O–H groups in total. The molecule has 2 aromatic rings. The van der Waals surface area contributed by atoms with Crippen LogP contribution in [-0.4, -0.2) is 23.7 Å². The quantitative estimate of drug-likeness (QED) is 0.694. The van der Waals surface area contributed by atoms with E-state index in [4.69, 9.17) is 0 Å². The number of aromatic hydroxyl groups is 1. The molecule has 0 aliphatic carbocycles. The van der Waals surface area contributed by atoms with Crippen LogP contribution in [0.15, 0.2) is 41.6 Å². The number of sulfonamides is 1. The van der Waals surface area contributed by atoms with E-state index in [0.29, 0.717) is 0 Å². The molecule has 0 unspecified atom stereocenters. The van der Waals surface area contributed by atoms with Crippen molar-refractivity contribution in [1.82, 2.24) is 10.2 Å². The molecule has 16 heavy (non-hydrogen) atoms. The molecule has 0 aliphatic heterocycles. The van der Waals surface area contributed by atoms with Crippen molar-refractivity contribution in [2.24, 2.45) is 0 Å². The number of aromatic amines is 1. The first kappa shape index (κ1) is 10.5. The molecule has 1 aromatic heterocycles. The fraction of sp³-hybridized carbons (Fsp3) is 0. The molecular weight excluding hydrogens is 230 g/mol. The minimum Gasteiger partial charge on any atom is -0.506 e. The molecular formula is C9H9N3O3S. The maximum atomic E-state index is 11.7. The molecule has 0 atom stereocenters. The molecule has 0 bridgehead atoms. The lowest BCUT2D eigenvalue weighted by molar-refractivity contribution is 0.477. The standard InChI is InChI=1S/C9H9N3O3S/c13-8-4-2-1-3-7(8)12-16(14,15)9-5-6-10-11-9/h1-6,12-13H,(H,10,11). The van der Waals surface area contributed by atoms with Gasteiger partial charge in [-0.2, -0.15) is 13.5 Å². The Labute approximate surface area is 92.0 Å². The van der Waals surface area contributed by atoms with E-state index in [2.05, 4.69) is 14.9 Å². The number of nitrogens with one attached hydrogen (secondary N) is 2. The Kier molecular flexibility index (Phi) is 2.53. The maximum absolute atomic E-state index is 11.7. The third kappa shape index (κ3) is 1.98. The van der Waals surface area contributed by atoms with Gasteiger partial charge in [-0.05, 0) is 18.2 Å². The number of phenols is 1. The summed E-state index contributed by atoms with van der Waals surface area (Å²) in [5, 5.41) is 15.2. The number of phenolic OH excluding ortho intramolecular Hbond substituents is 1. The fourth-order valence-corrected chi connectivity index (χ4v) is 2.14. The zero-order valence-corrected chi connectivity index (χ0v) is 8.90. The summed E-state index contributed by atoms with van der Waals surface area (Å²) in [6, 6.07) is 7.39. The van der Waals surface area contributed by atoms with Gasteiger partial charge in [0.2, 0.25) is 0 Å². The van der Waals surface area contributed by atoms with E-state index >= 15 is 0 Å². The third-order valence-corrected chi connectivity index (χ3v) is 3.21. The van der Waals surface area contributed by atoms with E-state index in [9.17, 15) is 13.5 Å². The minimum absolute atomic E-state index is 0.0595. The first-order chi connectivity index (χ1) is 7.59. The van der Waals surface area contributed by atoms with Gasteiger partial charge in [0.1, 0.15) is 5.75 Å². The van der Waals surface area contributed by atoms with Gasteiger partial charge in [0.25, 0.3) is 10.0 Å². The average Bonchev–Trinajstić information content (AvgIpc) is 2.75. The maximum Gasteiger partial charge on any atom is 0.278 e. The van der Waals surface area contributed by atoms with E-state index in [1.807, 2.05) is 0 Å². The van der Waals surface area contributed by atoms with Crippen LogP contribution in [0.25, 0.3) is 0 Å². The number of H-pyrrole nitrogens is 1. The van der Waals surface area contributed by atoms with Crippen molar-refractivity contribution in [2.45, 2.75) is 5.03 Å². The Morgan fingerprint density at radius 1 is 1.25 bits per heavy atom. The topological polar surface area (TPSA) is 95.1 Å². The summed E-state index contributed by atoms with van der Waals surface area (Å²) in [5.41, 5.74) is 0.122. The lowest BCUT2D eigenvalue weighted by atomic mass is 10.3. The van der Waals surface area contributed by atoms with E-state index < -0.39 is 10.0 Å². The van der Waals surface area contributed by atoms with Crippen molar-refractivity contribution >= 4 is 15.7 Å². The molecule has 2 rings (SSSR count). The van der Waals surface area contributed by atoms with Gasteiger partial charge in [0.15, 0.2) is 5.03 Å². The number of anilines is 1. The SMILES string of the molecule is O=S(=O)(Nc1ccccc1O)c1ccn[nH]1.